The molecule has 0 radical (unpaired) electrons. The molecular formula is C8H12N3O5P. The second-order valence-corrected chi connectivity index (χ2v) is 5.55. The Hall–Kier alpha value is -1.42. The van der Waals surface area contributed by atoms with Gasteiger partial charge in [0, 0.05) is 14.2 Å². The maximum atomic E-state index is 11.6. The van der Waals surface area contributed by atoms with E-state index < -0.39 is 31.7 Å². The van der Waals surface area contributed by atoms with Crippen molar-refractivity contribution in [3.8, 4) is 6.07 Å². The standard InChI is InChI=1S/C8H12N3O5P/c1-15-17(14,16-2)5-7(12)10-8(13)11-4-6(11)3-9/h6H,4-5H2,1-2H3,(H,10,12,13). The lowest BCUT2D eigenvalue weighted by Crippen LogP contribution is -2.36. The van der Waals surface area contributed by atoms with Crippen LogP contribution in [-0.4, -0.2) is 49.8 Å². The van der Waals surface area contributed by atoms with Gasteiger partial charge in [0.05, 0.1) is 12.6 Å². The Balaban J connectivity index is 2.43. The highest BCUT2D eigenvalue weighted by molar-refractivity contribution is 7.54. The number of urea groups is 1. The lowest BCUT2D eigenvalue weighted by Gasteiger charge is -2.12. The van der Waals surface area contributed by atoms with Gasteiger partial charge in [-0.3, -0.25) is 14.7 Å². The fourth-order valence-electron chi connectivity index (χ4n) is 1.08. The summed E-state index contributed by atoms with van der Waals surface area (Å²) in [6.45, 7) is 0.293. The van der Waals surface area contributed by atoms with Crippen molar-refractivity contribution >= 4 is 19.5 Å². The maximum Gasteiger partial charge on any atom is 0.339 e. The van der Waals surface area contributed by atoms with Gasteiger partial charge >= 0.3 is 13.6 Å². The van der Waals surface area contributed by atoms with Crippen LogP contribution in [0.5, 0.6) is 0 Å². The summed E-state index contributed by atoms with van der Waals surface area (Å²) < 4.78 is 20.7. The van der Waals surface area contributed by atoms with Gasteiger partial charge in [0.2, 0.25) is 5.91 Å². The SMILES string of the molecule is COP(=O)(CC(=O)NC(=O)N1CC1C#N)OC. The van der Waals surface area contributed by atoms with Gasteiger partial charge < -0.3 is 13.9 Å². The third kappa shape index (κ3) is 3.53. The van der Waals surface area contributed by atoms with Crippen LogP contribution in [-0.2, 0) is 18.4 Å². The van der Waals surface area contributed by atoms with E-state index in [0.29, 0.717) is 6.54 Å². The van der Waals surface area contributed by atoms with Crippen molar-refractivity contribution in [2.75, 3.05) is 26.9 Å². The van der Waals surface area contributed by atoms with Crippen molar-refractivity contribution in [3.63, 3.8) is 0 Å². The molecule has 0 saturated carbocycles. The number of nitriles is 1. The van der Waals surface area contributed by atoms with Crippen molar-refractivity contribution in [1.29, 1.82) is 5.26 Å². The number of hydrogen-bond donors (Lipinski definition) is 1. The fourth-order valence-corrected chi connectivity index (χ4v) is 1.92. The number of amides is 3. The van der Waals surface area contributed by atoms with Crippen LogP contribution >= 0.6 is 7.60 Å². The van der Waals surface area contributed by atoms with E-state index in [1.54, 1.807) is 0 Å². The monoisotopic (exact) mass is 261 g/mol. The third-order valence-corrected chi connectivity index (χ3v) is 3.95. The highest BCUT2D eigenvalue weighted by atomic mass is 31.2. The smallest absolute Gasteiger partial charge is 0.312 e. The average Bonchev–Trinajstić information content (AvgIpc) is 3.07. The summed E-state index contributed by atoms with van der Waals surface area (Å²) in [4.78, 5) is 23.8. The normalized spacial score (nSPS) is 18.4. The lowest BCUT2D eigenvalue weighted by atomic mass is 10.5. The molecular weight excluding hydrogens is 249 g/mol. The Bertz CT molecular complexity index is 410. The largest absolute Gasteiger partial charge is 0.339 e. The lowest BCUT2D eigenvalue weighted by molar-refractivity contribution is -0.117. The molecule has 9 heteroatoms. The molecule has 0 spiro atoms. The van der Waals surface area contributed by atoms with E-state index in [1.165, 1.54) is 4.90 Å². The van der Waals surface area contributed by atoms with Gasteiger partial charge in [-0.1, -0.05) is 0 Å². The second kappa shape index (κ2) is 5.27. The number of carbonyl (C=O) groups is 2. The van der Waals surface area contributed by atoms with E-state index >= 15 is 0 Å². The van der Waals surface area contributed by atoms with Crippen LogP contribution in [0.4, 0.5) is 4.79 Å². The highest BCUT2D eigenvalue weighted by Crippen LogP contribution is 2.45. The van der Waals surface area contributed by atoms with Gasteiger partial charge in [0.25, 0.3) is 0 Å². The van der Waals surface area contributed by atoms with Crippen LogP contribution in [0.1, 0.15) is 0 Å². The molecule has 1 N–H and O–H groups in total. The van der Waals surface area contributed by atoms with Crippen molar-refractivity contribution in [1.82, 2.24) is 10.2 Å². The molecule has 3 amide bonds. The number of imide groups is 1. The van der Waals surface area contributed by atoms with Crippen LogP contribution in [0.2, 0.25) is 0 Å². The third-order valence-electron chi connectivity index (χ3n) is 2.16. The van der Waals surface area contributed by atoms with E-state index in [-0.39, 0.29) is 0 Å². The zero-order chi connectivity index (χ0) is 13.1. The topological polar surface area (TPSA) is 109 Å². The molecule has 8 nitrogen and oxygen atoms in total. The van der Waals surface area contributed by atoms with Crippen molar-refractivity contribution in [2.24, 2.45) is 0 Å². The zero-order valence-electron chi connectivity index (χ0n) is 9.37. The summed E-state index contributed by atoms with van der Waals surface area (Å²) in [6.07, 6.45) is -0.545. The molecule has 94 valence electrons. The molecule has 1 saturated heterocycles. The minimum Gasteiger partial charge on any atom is -0.312 e. The van der Waals surface area contributed by atoms with E-state index in [2.05, 4.69) is 9.05 Å². The predicted octanol–water partition coefficient (Wildman–Crippen LogP) is -0.0837. The van der Waals surface area contributed by atoms with Crippen molar-refractivity contribution in [3.05, 3.63) is 0 Å². The first kappa shape index (κ1) is 13.6. The number of rotatable bonds is 4. The Morgan fingerprint density at radius 1 is 1.53 bits per heavy atom. The highest BCUT2D eigenvalue weighted by Gasteiger charge is 2.39. The first-order chi connectivity index (χ1) is 7.95. The summed E-state index contributed by atoms with van der Waals surface area (Å²) in [5.74, 6) is -0.773. The number of hydrogen-bond acceptors (Lipinski definition) is 6. The molecule has 1 aliphatic rings. The molecule has 0 bridgehead atoms. The number of nitrogens with zero attached hydrogens (tertiary/aromatic N) is 2. The van der Waals surface area contributed by atoms with Gasteiger partial charge in [-0.2, -0.15) is 5.26 Å². The first-order valence-corrected chi connectivity index (χ1v) is 6.39. The molecule has 1 rings (SSSR count). The molecule has 17 heavy (non-hydrogen) atoms. The summed E-state index contributed by atoms with van der Waals surface area (Å²) in [5, 5.41) is 10.5. The molecule has 1 fully saturated rings. The van der Waals surface area contributed by atoms with Crippen LogP contribution in [0.15, 0.2) is 0 Å². The van der Waals surface area contributed by atoms with Crippen LogP contribution in [0, 0.1) is 11.3 Å². The molecule has 1 heterocycles. The summed E-state index contributed by atoms with van der Waals surface area (Å²) >= 11 is 0. The van der Waals surface area contributed by atoms with Gasteiger partial charge in [-0.25, -0.2) is 4.79 Å². The van der Waals surface area contributed by atoms with Crippen LogP contribution < -0.4 is 5.32 Å². The van der Waals surface area contributed by atoms with Crippen LogP contribution in [0.25, 0.3) is 0 Å². The number of carbonyl (C=O) groups excluding carboxylic acids is 2. The first-order valence-electron chi connectivity index (χ1n) is 4.66. The molecule has 1 unspecified atom stereocenters. The molecule has 1 aliphatic heterocycles. The summed E-state index contributed by atoms with van der Waals surface area (Å²) in [5.41, 5.74) is 0. The molecule has 1 atom stereocenters. The second-order valence-electron chi connectivity index (χ2n) is 3.28. The van der Waals surface area contributed by atoms with E-state index in [0.717, 1.165) is 14.2 Å². The van der Waals surface area contributed by atoms with E-state index in [4.69, 9.17) is 5.26 Å². The van der Waals surface area contributed by atoms with Crippen molar-refractivity contribution in [2.45, 2.75) is 6.04 Å². The summed E-state index contributed by atoms with van der Waals surface area (Å²) in [7, 11) is -1.18. The fraction of sp³-hybridized carbons (Fsp3) is 0.625. The zero-order valence-corrected chi connectivity index (χ0v) is 10.3. The Kier molecular flexibility index (Phi) is 4.23. The molecule has 0 aromatic rings. The Labute approximate surface area is 98.0 Å². The minimum absolute atomic E-state index is 0.293. The Morgan fingerprint density at radius 3 is 2.53 bits per heavy atom. The average molecular weight is 261 g/mol. The molecule has 0 aromatic carbocycles. The molecule has 0 aliphatic carbocycles. The maximum absolute atomic E-state index is 11.6. The van der Waals surface area contributed by atoms with Crippen LogP contribution in [0.3, 0.4) is 0 Å². The van der Waals surface area contributed by atoms with Crippen molar-refractivity contribution < 1.29 is 23.2 Å². The number of nitrogens with one attached hydrogen (secondary N) is 1. The van der Waals surface area contributed by atoms with E-state index in [9.17, 15) is 14.2 Å². The summed E-state index contributed by atoms with van der Waals surface area (Å²) in [6, 6.07) is 0.696. The molecule has 0 aromatic heterocycles. The van der Waals surface area contributed by atoms with Gasteiger partial charge in [0.15, 0.2) is 0 Å². The minimum atomic E-state index is -3.47. The van der Waals surface area contributed by atoms with Gasteiger partial charge in [-0.15, -0.1) is 0 Å². The quantitative estimate of drug-likeness (QED) is 0.559. The van der Waals surface area contributed by atoms with Gasteiger partial charge in [-0.05, 0) is 0 Å². The van der Waals surface area contributed by atoms with Gasteiger partial charge in [0.1, 0.15) is 12.2 Å². The Morgan fingerprint density at radius 2 is 2.12 bits per heavy atom. The van der Waals surface area contributed by atoms with E-state index in [1.807, 2.05) is 11.4 Å². The predicted molar refractivity (Wildman–Crippen MR) is 56.1 cm³/mol.